The highest BCUT2D eigenvalue weighted by Gasteiger charge is 2.30. The minimum absolute atomic E-state index is 0. The Labute approximate surface area is 150 Å². The van der Waals surface area contributed by atoms with Crippen LogP contribution < -0.4 is 5.32 Å². The molecule has 0 spiro atoms. The molecule has 1 unspecified atom stereocenters. The van der Waals surface area contributed by atoms with Gasteiger partial charge in [-0.15, -0.1) is 0 Å². The molecule has 1 aliphatic heterocycles. The summed E-state index contributed by atoms with van der Waals surface area (Å²) in [7, 11) is 0. The molecule has 2 aromatic carbocycles. The van der Waals surface area contributed by atoms with Crippen molar-refractivity contribution in [3.63, 3.8) is 0 Å². The van der Waals surface area contributed by atoms with E-state index < -0.39 is 0 Å². The van der Waals surface area contributed by atoms with E-state index in [0.717, 1.165) is 18.5 Å². The third kappa shape index (κ3) is 5.61. The number of rotatable bonds is 3. The third-order valence-corrected chi connectivity index (χ3v) is 3.99. The van der Waals surface area contributed by atoms with Crippen molar-refractivity contribution < 1.29 is 14.6 Å². The summed E-state index contributed by atoms with van der Waals surface area (Å²) in [5.41, 5.74) is 1.56. The van der Waals surface area contributed by atoms with Crippen molar-refractivity contribution >= 4 is 5.97 Å². The average Bonchev–Trinajstić information content (AvgIpc) is 2.64. The fourth-order valence-corrected chi connectivity index (χ4v) is 2.87. The van der Waals surface area contributed by atoms with Gasteiger partial charge in [0, 0.05) is 12.5 Å². The lowest BCUT2D eigenvalue weighted by Crippen LogP contribution is -2.42. The maximum Gasteiger partial charge on any atom is 0.338 e. The maximum absolute atomic E-state index is 12.3. The summed E-state index contributed by atoms with van der Waals surface area (Å²) in [4.78, 5) is 12.3. The Bertz CT molecular complexity index is 643. The lowest BCUT2D eigenvalue weighted by atomic mass is 9.87. The largest absolute Gasteiger partial charge is 0.508 e. The van der Waals surface area contributed by atoms with Crippen LogP contribution in [0.15, 0.2) is 54.6 Å². The highest BCUT2D eigenvalue weighted by atomic mass is 16.5. The summed E-state index contributed by atoms with van der Waals surface area (Å²) in [6.45, 7) is 5.50. The van der Waals surface area contributed by atoms with E-state index in [9.17, 15) is 9.90 Å². The van der Waals surface area contributed by atoms with Gasteiger partial charge in [-0.05, 0) is 42.8 Å². The Hall–Kier alpha value is -2.33. The molecular formula is C21H29NO3. The molecular weight excluding hydrogens is 314 g/mol. The normalized spacial score (nSPS) is 19.0. The van der Waals surface area contributed by atoms with Crippen molar-refractivity contribution in [2.24, 2.45) is 0 Å². The first-order valence-electron chi connectivity index (χ1n) is 8.50. The van der Waals surface area contributed by atoms with Gasteiger partial charge in [-0.25, -0.2) is 4.79 Å². The maximum atomic E-state index is 12.3. The minimum atomic E-state index is -0.306. The van der Waals surface area contributed by atoms with Crippen molar-refractivity contribution in [3.8, 4) is 5.75 Å². The molecule has 2 atom stereocenters. The Morgan fingerprint density at radius 1 is 1.12 bits per heavy atom. The molecule has 0 saturated carbocycles. The fraction of sp³-hybridized carbons (Fsp3) is 0.381. The van der Waals surface area contributed by atoms with Crippen LogP contribution in [0.2, 0.25) is 0 Å². The summed E-state index contributed by atoms with van der Waals surface area (Å²) < 4.78 is 5.70. The van der Waals surface area contributed by atoms with E-state index in [1.807, 2.05) is 44.2 Å². The lowest BCUT2D eigenvalue weighted by Gasteiger charge is -2.32. The average molecular weight is 343 g/mol. The van der Waals surface area contributed by atoms with E-state index in [2.05, 4.69) is 5.32 Å². The number of piperidine rings is 1. The third-order valence-electron chi connectivity index (χ3n) is 3.99. The quantitative estimate of drug-likeness (QED) is 0.813. The van der Waals surface area contributed by atoms with Crippen molar-refractivity contribution in [1.82, 2.24) is 5.32 Å². The highest BCUT2D eigenvalue weighted by molar-refractivity contribution is 5.89. The second kappa shape index (κ2) is 10.5. The first-order valence-corrected chi connectivity index (χ1v) is 8.50. The van der Waals surface area contributed by atoms with Gasteiger partial charge in [0.2, 0.25) is 0 Å². The van der Waals surface area contributed by atoms with Crippen LogP contribution >= 0.6 is 0 Å². The van der Waals surface area contributed by atoms with Crippen LogP contribution in [0.25, 0.3) is 0 Å². The summed E-state index contributed by atoms with van der Waals surface area (Å²) in [6.07, 6.45) is 0.638. The Balaban J connectivity index is 0.00000101. The molecule has 0 aromatic heterocycles. The van der Waals surface area contributed by atoms with E-state index in [1.54, 1.807) is 24.3 Å². The van der Waals surface area contributed by atoms with Crippen LogP contribution in [-0.2, 0) is 4.74 Å². The number of ether oxygens (including phenoxy) is 1. The van der Waals surface area contributed by atoms with Gasteiger partial charge in [0.15, 0.2) is 0 Å². The number of phenolic OH excluding ortho intramolecular Hbond substituents is 1. The number of phenols is 1. The standard InChI is InChI=1S/C18H19NO3.C2H6.CH4/c20-15-8-4-7-14(11-15)16-9-10-19-12-17(16)22-18(21)13-5-2-1-3-6-13;1-2;/h1-8,11,16-17,19-20H,9-10,12H2;1-2H3;1H4/t16?,17-;;/m0../s1. The molecule has 2 aromatic rings. The summed E-state index contributed by atoms with van der Waals surface area (Å²) in [5, 5.41) is 12.9. The van der Waals surface area contributed by atoms with Gasteiger partial charge < -0.3 is 15.2 Å². The van der Waals surface area contributed by atoms with Gasteiger partial charge >= 0.3 is 5.97 Å². The molecule has 4 nitrogen and oxygen atoms in total. The number of carbonyl (C=O) groups is 1. The van der Waals surface area contributed by atoms with Crippen molar-refractivity contribution in [3.05, 3.63) is 65.7 Å². The van der Waals surface area contributed by atoms with Gasteiger partial charge in [0.1, 0.15) is 11.9 Å². The number of benzene rings is 2. The summed E-state index contributed by atoms with van der Waals surface area (Å²) in [5.74, 6) is 0.0321. The predicted octanol–water partition coefficient (Wildman–Crippen LogP) is 4.36. The van der Waals surface area contributed by atoms with Crippen LogP contribution in [-0.4, -0.2) is 30.3 Å². The molecule has 25 heavy (non-hydrogen) atoms. The number of aromatic hydroxyl groups is 1. The molecule has 136 valence electrons. The zero-order chi connectivity index (χ0) is 17.4. The SMILES string of the molecule is C.CC.O=C(O[C@H]1CNCCC1c1cccc(O)c1)c1ccccc1. The number of hydrogen-bond acceptors (Lipinski definition) is 4. The van der Waals surface area contributed by atoms with Gasteiger partial charge in [0.05, 0.1) is 5.56 Å². The van der Waals surface area contributed by atoms with Crippen LogP contribution in [0.5, 0.6) is 5.75 Å². The lowest BCUT2D eigenvalue weighted by molar-refractivity contribution is 0.0182. The van der Waals surface area contributed by atoms with Gasteiger partial charge in [-0.1, -0.05) is 51.6 Å². The summed E-state index contributed by atoms with van der Waals surface area (Å²) >= 11 is 0. The predicted molar refractivity (Wildman–Crippen MR) is 102 cm³/mol. The Morgan fingerprint density at radius 2 is 1.84 bits per heavy atom. The van der Waals surface area contributed by atoms with Gasteiger partial charge in [0.25, 0.3) is 0 Å². The van der Waals surface area contributed by atoms with E-state index in [-0.39, 0.29) is 31.2 Å². The number of esters is 1. The van der Waals surface area contributed by atoms with Crippen LogP contribution in [0, 0.1) is 0 Å². The zero-order valence-corrected chi connectivity index (χ0v) is 14.2. The number of hydrogen-bond donors (Lipinski definition) is 2. The Kier molecular flexibility index (Phi) is 8.71. The topological polar surface area (TPSA) is 58.6 Å². The zero-order valence-electron chi connectivity index (χ0n) is 14.2. The number of carbonyl (C=O) groups excluding carboxylic acids is 1. The molecule has 0 radical (unpaired) electrons. The first kappa shape index (κ1) is 20.7. The fourth-order valence-electron chi connectivity index (χ4n) is 2.87. The molecule has 1 aliphatic rings. The second-order valence-corrected chi connectivity index (χ2v) is 5.50. The van der Waals surface area contributed by atoms with Crippen molar-refractivity contribution in [2.45, 2.75) is 39.7 Å². The molecule has 4 heteroatoms. The van der Waals surface area contributed by atoms with Gasteiger partial charge in [-0.3, -0.25) is 0 Å². The van der Waals surface area contributed by atoms with Crippen molar-refractivity contribution in [1.29, 1.82) is 0 Å². The Morgan fingerprint density at radius 3 is 2.52 bits per heavy atom. The minimum Gasteiger partial charge on any atom is -0.508 e. The van der Waals surface area contributed by atoms with Crippen LogP contribution in [0.1, 0.15) is 49.5 Å². The van der Waals surface area contributed by atoms with E-state index >= 15 is 0 Å². The monoisotopic (exact) mass is 343 g/mol. The molecule has 0 bridgehead atoms. The number of nitrogens with one attached hydrogen (secondary N) is 1. The van der Waals surface area contributed by atoms with Crippen molar-refractivity contribution in [2.75, 3.05) is 13.1 Å². The first-order chi connectivity index (χ1) is 11.7. The van der Waals surface area contributed by atoms with Crippen LogP contribution in [0.3, 0.4) is 0 Å². The molecule has 0 aliphatic carbocycles. The van der Waals surface area contributed by atoms with E-state index in [1.165, 1.54) is 0 Å². The van der Waals surface area contributed by atoms with E-state index in [4.69, 9.17) is 4.74 Å². The van der Waals surface area contributed by atoms with Crippen LogP contribution in [0.4, 0.5) is 0 Å². The molecule has 1 fully saturated rings. The molecule has 2 N–H and O–H groups in total. The smallest absolute Gasteiger partial charge is 0.338 e. The molecule has 0 amide bonds. The van der Waals surface area contributed by atoms with E-state index in [0.29, 0.717) is 12.1 Å². The molecule has 1 heterocycles. The van der Waals surface area contributed by atoms with Gasteiger partial charge in [-0.2, -0.15) is 0 Å². The summed E-state index contributed by atoms with van der Waals surface area (Å²) in [6, 6.07) is 16.2. The molecule has 1 saturated heterocycles. The molecule has 3 rings (SSSR count). The second-order valence-electron chi connectivity index (χ2n) is 5.50. The highest BCUT2D eigenvalue weighted by Crippen LogP contribution is 2.30.